The van der Waals surface area contributed by atoms with E-state index in [0.717, 1.165) is 16.9 Å². The molecule has 0 saturated carbocycles. The van der Waals surface area contributed by atoms with E-state index in [-0.39, 0.29) is 5.02 Å². The quantitative estimate of drug-likeness (QED) is 0.714. The summed E-state index contributed by atoms with van der Waals surface area (Å²) in [5.41, 5.74) is 2.59. The Labute approximate surface area is 121 Å². The zero-order chi connectivity index (χ0) is 14.0. The summed E-state index contributed by atoms with van der Waals surface area (Å²) < 4.78 is 18.6. The third-order valence-electron chi connectivity index (χ3n) is 2.99. The second-order valence-corrected chi connectivity index (χ2v) is 5.10. The minimum Gasteiger partial charge on any atom is -0.497 e. The maximum atomic E-state index is 13.5. The van der Waals surface area contributed by atoms with E-state index >= 15 is 0 Å². The van der Waals surface area contributed by atoms with Gasteiger partial charge in [0, 0.05) is 0 Å². The van der Waals surface area contributed by atoms with Crippen LogP contribution in [-0.2, 0) is 0 Å². The van der Waals surface area contributed by atoms with Crippen molar-refractivity contribution in [2.45, 2.75) is 12.3 Å². The molecule has 2 rings (SSSR count). The van der Waals surface area contributed by atoms with E-state index in [2.05, 4.69) is 0 Å². The van der Waals surface area contributed by atoms with Gasteiger partial charge < -0.3 is 4.74 Å². The summed E-state index contributed by atoms with van der Waals surface area (Å²) in [7, 11) is 1.61. The molecule has 1 nitrogen and oxygen atoms in total. The van der Waals surface area contributed by atoms with Gasteiger partial charge in [0.15, 0.2) is 0 Å². The average molecular weight is 299 g/mol. The Morgan fingerprint density at radius 2 is 1.89 bits per heavy atom. The van der Waals surface area contributed by atoms with Crippen molar-refractivity contribution in [2.24, 2.45) is 0 Å². The first kappa shape index (κ1) is 14.2. The van der Waals surface area contributed by atoms with Crippen LogP contribution in [0.2, 0.25) is 5.02 Å². The van der Waals surface area contributed by atoms with Crippen molar-refractivity contribution in [2.75, 3.05) is 7.11 Å². The highest BCUT2D eigenvalue weighted by molar-refractivity contribution is 6.30. The molecular weight excluding hydrogens is 286 g/mol. The Morgan fingerprint density at radius 1 is 1.16 bits per heavy atom. The van der Waals surface area contributed by atoms with Crippen LogP contribution in [0.15, 0.2) is 36.4 Å². The van der Waals surface area contributed by atoms with E-state index in [4.69, 9.17) is 27.9 Å². The molecule has 0 saturated heterocycles. The van der Waals surface area contributed by atoms with E-state index in [9.17, 15) is 4.39 Å². The Bertz CT molecular complexity index is 599. The van der Waals surface area contributed by atoms with Gasteiger partial charge in [-0.05, 0) is 47.9 Å². The molecule has 2 aromatic rings. The molecule has 100 valence electrons. The van der Waals surface area contributed by atoms with Crippen molar-refractivity contribution in [1.82, 2.24) is 0 Å². The molecule has 19 heavy (non-hydrogen) atoms. The van der Waals surface area contributed by atoms with Crippen molar-refractivity contribution in [1.29, 1.82) is 0 Å². The number of alkyl halides is 1. The highest BCUT2D eigenvalue weighted by Crippen LogP contribution is 2.33. The molecule has 0 spiro atoms. The first-order valence-electron chi connectivity index (χ1n) is 5.76. The van der Waals surface area contributed by atoms with Crippen molar-refractivity contribution < 1.29 is 9.13 Å². The molecule has 0 fully saturated rings. The van der Waals surface area contributed by atoms with Crippen LogP contribution in [0, 0.1) is 12.7 Å². The molecule has 0 N–H and O–H groups in total. The van der Waals surface area contributed by atoms with Crippen LogP contribution in [0.3, 0.4) is 0 Å². The average Bonchev–Trinajstić information content (AvgIpc) is 2.41. The first-order chi connectivity index (χ1) is 9.02. The van der Waals surface area contributed by atoms with Crippen LogP contribution in [0.1, 0.15) is 22.1 Å². The number of benzene rings is 2. The number of rotatable bonds is 3. The molecule has 0 amide bonds. The van der Waals surface area contributed by atoms with Gasteiger partial charge in [-0.1, -0.05) is 23.7 Å². The predicted molar refractivity (Wildman–Crippen MR) is 76.8 cm³/mol. The molecular formula is C15H13Cl2FO. The summed E-state index contributed by atoms with van der Waals surface area (Å²) in [4.78, 5) is 0. The molecule has 4 heteroatoms. The fraction of sp³-hybridized carbons (Fsp3) is 0.200. The highest BCUT2D eigenvalue weighted by Gasteiger charge is 2.15. The van der Waals surface area contributed by atoms with Crippen molar-refractivity contribution in [3.63, 3.8) is 0 Å². The smallest absolute Gasteiger partial charge is 0.142 e. The summed E-state index contributed by atoms with van der Waals surface area (Å²) in [5, 5.41) is -0.322. The summed E-state index contributed by atoms with van der Waals surface area (Å²) in [5.74, 6) is 0.309. The Balaban J connectivity index is 2.38. The Hall–Kier alpha value is -1.25. The number of aryl methyl sites for hydroxylation is 1. The largest absolute Gasteiger partial charge is 0.497 e. The van der Waals surface area contributed by atoms with Gasteiger partial charge in [-0.15, -0.1) is 11.6 Å². The zero-order valence-electron chi connectivity index (χ0n) is 10.6. The lowest BCUT2D eigenvalue weighted by molar-refractivity contribution is 0.414. The van der Waals surface area contributed by atoms with Gasteiger partial charge in [-0.3, -0.25) is 0 Å². The molecule has 0 bridgehead atoms. The standard InChI is InChI=1S/C15H13Cl2FO/c1-9-7-11(19-2)4-5-12(9)15(17)10-3-6-13(16)14(18)8-10/h3-8,15H,1-2H3. The van der Waals surface area contributed by atoms with Crippen LogP contribution >= 0.6 is 23.2 Å². The number of halogens is 3. The third-order valence-corrected chi connectivity index (χ3v) is 3.78. The molecule has 0 radical (unpaired) electrons. The normalized spacial score (nSPS) is 12.3. The van der Waals surface area contributed by atoms with Crippen molar-refractivity contribution in [3.05, 3.63) is 63.9 Å². The van der Waals surface area contributed by atoms with E-state index in [1.807, 2.05) is 25.1 Å². The third kappa shape index (κ3) is 3.02. The van der Waals surface area contributed by atoms with Crippen LogP contribution in [0.25, 0.3) is 0 Å². The monoisotopic (exact) mass is 298 g/mol. The zero-order valence-corrected chi connectivity index (χ0v) is 12.1. The van der Waals surface area contributed by atoms with Gasteiger partial charge in [-0.25, -0.2) is 4.39 Å². The van der Waals surface area contributed by atoms with Crippen LogP contribution < -0.4 is 4.74 Å². The predicted octanol–water partition coefficient (Wildman–Crippen LogP) is 5.12. The Kier molecular flexibility index (Phi) is 4.33. The summed E-state index contributed by atoms with van der Waals surface area (Å²) in [6.07, 6.45) is 0. The highest BCUT2D eigenvalue weighted by atomic mass is 35.5. The van der Waals surface area contributed by atoms with Gasteiger partial charge >= 0.3 is 0 Å². The summed E-state index contributed by atoms with van der Waals surface area (Å²) in [6, 6.07) is 10.2. The number of methoxy groups -OCH3 is 1. The Morgan fingerprint density at radius 3 is 2.47 bits per heavy atom. The molecule has 1 atom stereocenters. The topological polar surface area (TPSA) is 9.23 Å². The van der Waals surface area contributed by atoms with Crippen LogP contribution in [0.4, 0.5) is 4.39 Å². The second kappa shape index (κ2) is 5.81. The molecule has 0 aromatic heterocycles. The van der Waals surface area contributed by atoms with E-state index in [0.29, 0.717) is 5.56 Å². The molecule has 2 aromatic carbocycles. The van der Waals surface area contributed by atoms with Crippen LogP contribution in [0.5, 0.6) is 5.75 Å². The molecule has 0 aliphatic rings. The minimum atomic E-state index is -0.462. The van der Waals surface area contributed by atoms with Crippen LogP contribution in [-0.4, -0.2) is 7.11 Å². The lowest BCUT2D eigenvalue weighted by Gasteiger charge is -2.14. The molecule has 0 aliphatic heterocycles. The summed E-state index contributed by atoms with van der Waals surface area (Å²) in [6.45, 7) is 1.94. The SMILES string of the molecule is COc1ccc(C(Cl)c2ccc(Cl)c(F)c2)c(C)c1. The van der Waals surface area contributed by atoms with Gasteiger partial charge in [0.05, 0.1) is 17.5 Å². The van der Waals surface area contributed by atoms with Crippen molar-refractivity contribution in [3.8, 4) is 5.75 Å². The van der Waals surface area contributed by atoms with Gasteiger partial charge in [0.2, 0.25) is 0 Å². The minimum absolute atomic E-state index is 0.0964. The van der Waals surface area contributed by atoms with Gasteiger partial charge in [-0.2, -0.15) is 0 Å². The van der Waals surface area contributed by atoms with E-state index in [1.165, 1.54) is 12.1 Å². The molecule has 0 aliphatic carbocycles. The lowest BCUT2D eigenvalue weighted by Crippen LogP contribution is -1.98. The maximum absolute atomic E-state index is 13.5. The number of ether oxygens (including phenoxy) is 1. The summed E-state index contributed by atoms with van der Waals surface area (Å²) >= 11 is 12.1. The van der Waals surface area contributed by atoms with E-state index in [1.54, 1.807) is 13.2 Å². The maximum Gasteiger partial charge on any atom is 0.142 e. The molecule has 0 heterocycles. The van der Waals surface area contributed by atoms with Crippen molar-refractivity contribution >= 4 is 23.2 Å². The van der Waals surface area contributed by atoms with Gasteiger partial charge in [0.1, 0.15) is 11.6 Å². The fourth-order valence-electron chi connectivity index (χ4n) is 1.91. The fourth-order valence-corrected chi connectivity index (χ4v) is 2.41. The second-order valence-electron chi connectivity index (χ2n) is 4.26. The molecule has 1 unspecified atom stereocenters. The number of hydrogen-bond acceptors (Lipinski definition) is 1. The lowest BCUT2D eigenvalue weighted by atomic mass is 9.99. The van der Waals surface area contributed by atoms with E-state index < -0.39 is 11.2 Å². The first-order valence-corrected chi connectivity index (χ1v) is 6.58. The number of hydrogen-bond donors (Lipinski definition) is 0. The van der Waals surface area contributed by atoms with Gasteiger partial charge in [0.25, 0.3) is 0 Å².